The van der Waals surface area contributed by atoms with Crippen LogP contribution in [0.2, 0.25) is 0 Å². The van der Waals surface area contributed by atoms with Crippen molar-refractivity contribution in [1.29, 1.82) is 0 Å². The van der Waals surface area contributed by atoms with Gasteiger partial charge in [-0.25, -0.2) is 9.78 Å². The highest BCUT2D eigenvalue weighted by Crippen LogP contribution is 2.60. The normalized spacial score (nSPS) is 46.1. The molecule has 1 spiro atoms. The molecule has 0 radical (unpaired) electrons. The highest BCUT2D eigenvalue weighted by Gasteiger charge is 2.69. The van der Waals surface area contributed by atoms with Gasteiger partial charge in [0.2, 0.25) is 12.1 Å². The average molecular weight is 403 g/mol. The van der Waals surface area contributed by atoms with E-state index in [-0.39, 0.29) is 18.1 Å². The molecule has 5 heteroatoms. The molecule has 8 atom stereocenters. The van der Waals surface area contributed by atoms with Crippen molar-refractivity contribution in [2.75, 3.05) is 0 Å². The fourth-order valence-corrected chi connectivity index (χ4v) is 6.16. The summed E-state index contributed by atoms with van der Waals surface area (Å²) in [5.74, 6) is 1.53. The molecule has 1 saturated carbocycles. The molecule has 0 amide bonds. The van der Waals surface area contributed by atoms with Gasteiger partial charge < -0.3 is 14.2 Å². The van der Waals surface area contributed by atoms with Gasteiger partial charge in [0.05, 0.1) is 0 Å². The molecule has 5 nitrogen and oxygen atoms in total. The summed E-state index contributed by atoms with van der Waals surface area (Å²) in [4.78, 5) is 12.1. The van der Waals surface area contributed by atoms with Gasteiger partial charge in [-0.15, -0.1) is 0 Å². The summed E-state index contributed by atoms with van der Waals surface area (Å²) in [6.07, 6.45) is 5.58. The molecule has 6 rings (SSSR count). The van der Waals surface area contributed by atoms with E-state index in [2.05, 4.69) is 45.0 Å². The summed E-state index contributed by atoms with van der Waals surface area (Å²) < 4.78 is 19.2. The van der Waals surface area contributed by atoms with Crippen molar-refractivity contribution in [1.82, 2.24) is 0 Å². The number of hydrogen-bond donors (Lipinski definition) is 0. The van der Waals surface area contributed by atoms with Gasteiger partial charge >= 0.3 is 0 Å². The quantitative estimate of drug-likeness (QED) is 0.646. The van der Waals surface area contributed by atoms with Gasteiger partial charge in [-0.3, -0.25) is 0 Å². The van der Waals surface area contributed by atoms with Crippen LogP contribution in [-0.2, 0) is 25.7 Å². The van der Waals surface area contributed by atoms with Crippen molar-refractivity contribution >= 4 is 0 Å². The SMILES string of the molecule is CCCc1ccc(OC2O[C@@H]3O[C@]4(C)CCC5[C@H](C)CCC([C@H]2C)[C@]53OO4)cc1. The lowest BCUT2D eigenvalue weighted by atomic mass is 9.58. The second kappa shape index (κ2) is 7.23. The molecule has 4 heterocycles. The molecule has 5 fully saturated rings. The lowest BCUT2D eigenvalue weighted by Gasteiger charge is -2.60. The van der Waals surface area contributed by atoms with Crippen LogP contribution in [0.15, 0.2) is 24.3 Å². The fraction of sp³-hybridized carbons (Fsp3) is 0.750. The molecule has 3 unspecified atom stereocenters. The summed E-state index contributed by atoms with van der Waals surface area (Å²) in [6.45, 7) is 8.71. The van der Waals surface area contributed by atoms with E-state index in [0.717, 1.165) is 37.9 Å². The lowest BCUT2D eigenvalue weighted by molar-refractivity contribution is -0.575. The van der Waals surface area contributed by atoms with E-state index >= 15 is 0 Å². The molecule has 4 aliphatic heterocycles. The molecule has 1 aromatic rings. The Morgan fingerprint density at radius 1 is 1.03 bits per heavy atom. The second-order valence-electron chi connectivity index (χ2n) is 9.79. The van der Waals surface area contributed by atoms with E-state index in [1.807, 2.05) is 6.92 Å². The number of ether oxygens (including phenoxy) is 3. The molecule has 5 aliphatic rings. The van der Waals surface area contributed by atoms with E-state index in [0.29, 0.717) is 11.8 Å². The summed E-state index contributed by atoms with van der Waals surface area (Å²) in [7, 11) is 0. The van der Waals surface area contributed by atoms with Crippen molar-refractivity contribution in [2.24, 2.45) is 23.7 Å². The topological polar surface area (TPSA) is 46.2 Å². The van der Waals surface area contributed by atoms with Gasteiger partial charge in [0.15, 0.2) is 11.9 Å². The highest BCUT2D eigenvalue weighted by atomic mass is 17.3. The molecule has 160 valence electrons. The van der Waals surface area contributed by atoms with Crippen LogP contribution in [0.3, 0.4) is 0 Å². The third-order valence-corrected chi connectivity index (χ3v) is 7.81. The van der Waals surface area contributed by atoms with Crippen molar-refractivity contribution in [3.05, 3.63) is 29.8 Å². The minimum Gasteiger partial charge on any atom is -0.465 e. The number of hydrogen-bond acceptors (Lipinski definition) is 5. The van der Waals surface area contributed by atoms with Gasteiger partial charge in [0, 0.05) is 18.3 Å². The van der Waals surface area contributed by atoms with Crippen molar-refractivity contribution < 1.29 is 24.0 Å². The zero-order valence-electron chi connectivity index (χ0n) is 18.1. The molecule has 29 heavy (non-hydrogen) atoms. The van der Waals surface area contributed by atoms with Crippen LogP contribution in [0, 0.1) is 23.7 Å². The number of fused-ring (bicyclic) bond motifs is 2. The smallest absolute Gasteiger partial charge is 0.205 e. The third kappa shape index (κ3) is 3.13. The zero-order chi connectivity index (χ0) is 20.2. The van der Waals surface area contributed by atoms with Gasteiger partial charge in [-0.2, -0.15) is 0 Å². The van der Waals surface area contributed by atoms with Crippen molar-refractivity contribution in [2.45, 2.75) is 90.2 Å². The standard InChI is InChI=1S/C24H34O5/c1-5-6-17-8-10-18(11-9-17)25-21-16(3)20-12-7-15(2)19-13-14-23(4)27-22(26-21)24(19,20)29-28-23/h8-11,15-16,19-22H,5-7,12-14H2,1-4H3/t15-,16-,19?,20?,21?,22-,23+,24-/m1/s1. The maximum Gasteiger partial charge on any atom is 0.205 e. The molecule has 4 saturated heterocycles. The van der Waals surface area contributed by atoms with E-state index in [1.54, 1.807) is 0 Å². The molecule has 0 N–H and O–H groups in total. The first-order valence-corrected chi connectivity index (χ1v) is 11.4. The first kappa shape index (κ1) is 19.8. The van der Waals surface area contributed by atoms with E-state index < -0.39 is 17.7 Å². The third-order valence-electron chi connectivity index (χ3n) is 7.81. The Bertz CT molecular complexity index is 735. The summed E-state index contributed by atoms with van der Waals surface area (Å²) in [6, 6.07) is 8.40. The Balaban J connectivity index is 1.42. The minimum atomic E-state index is -0.746. The Labute approximate surface area is 173 Å². The predicted molar refractivity (Wildman–Crippen MR) is 108 cm³/mol. The molecule has 1 aliphatic carbocycles. The van der Waals surface area contributed by atoms with E-state index in [1.165, 1.54) is 12.0 Å². The Morgan fingerprint density at radius 2 is 1.83 bits per heavy atom. The number of rotatable bonds is 4. The number of aryl methyl sites for hydroxylation is 1. The summed E-state index contributed by atoms with van der Waals surface area (Å²) in [5, 5.41) is 0. The molecule has 0 aromatic heterocycles. The molecular formula is C24H34O5. The van der Waals surface area contributed by atoms with Crippen molar-refractivity contribution in [3.63, 3.8) is 0 Å². The molecule has 2 bridgehead atoms. The van der Waals surface area contributed by atoms with Gasteiger partial charge in [-0.05, 0) is 62.1 Å². The van der Waals surface area contributed by atoms with Gasteiger partial charge in [0.1, 0.15) is 5.75 Å². The van der Waals surface area contributed by atoms with Crippen LogP contribution >= 0.6 is 0 Å². The van der Waals surface area contributed by atoms with Crippen LogP contribution in [0.25, 0.3) is 0 Å². The van der Waals surface area contributed by atoms with Crippen LogP contribution in [0.5, 0.6) is 5.75 Å². The summed E-state index contributed by atoms with van der Waals surface area (Å²) in [5.41, 5.74) is 0.807. The maximum absolute atomic E-state index is 6.49. The fourth-order valence-electron chi connectivity index (χ4n) is 6.16. The van der Waals surface area contributed by atoms with E-state index in [9.17, 15) is 0 Å². The average Bonchev–Trinajstić information content (AvgIpc) is 2.94. The monoisotopic (exact) mass is 402 g/mol. The van der Waals surface area contributed by atoms with Crippen molar-refractivity contribution in [3.8, 4) is 5.75 Å². The predicted octanol–water partition coefficient (Wildman–Crippen LogP) is 5.23. The molecule has 1 aromatic carbocycles. The van der Waals surface area contributed by atoms with Crippen LogP contribution in [0.4, 0.5) is 0 Å². The largest absolute Gasteiger partial charge is 0.465 e. The first-order chi connectivity index (χ1) is 13.9. The lowest BCUT2D eigenvalue weighted by Crippen LogP contribution is -2.70. The van der Waals surface area contributed by atoms with Crippen LogP contribution in [0.1, 0.15) is 65.4 Å². The Hall–Kier alpha value is -1.14. The maximum atomic E-state index is 6.49. The zero-order valence-corrected chi connectivity index (χ0v) is 18.1. The van der Waals surface area contributed by atoms with Crippen LogP contribution < -0.4 is 4.74 Å². The first-order valence-electron chi connectivity index (χ1n) is 11.4. The highest BCUT2D eigenvalue weighted by molar-refractivity contribution is 5.27. The Morgan fingerprint density at radius 3 is 2.59 bits per heavy atom. The Kier molecular flexibility index (Phi) is 4.93. The number of benzene rings is 1. The summed E-state index contributed by atoms with van der Waals surface area (Å²) >= 11 is 0. The minimum absolute atomic E-state index is 0.186. The van der Waals surface area contributed by atoms with E-state index in [4.69, 9.17) is 24.0 Å². The van der Waals surface area contributed by atoms with Crippen LogP contribution in [-0.4, -0.2) is 24.0 Å². The van der Waals surface area contributed by atoms with Gasteiger partial charge in [-0.1, -0.05) is 39.3 Å². The van der Waals surface area contributed by atoms with Gasteiger partial charge in [0.25, 0.3) is 0 Å². The molecular weight excluding hydrogens is 368 g/mol. The second-order valence-corrected chi connectivity index (χ2v) is 9.79.